The Balaban J connectivity index is 1.85. The summed E-state index contributed by atoms with van der Waals surface area (Å²) in [6.07, 6.45) is 1.65. The standard InChI is InChI=1S/C15H13BrN2O2S/c16-12-6-8-13(9-7-12)21(19,20)18-17-15-10-5-11-3-1-2-4-14(11)15/h1-4,6-9,18H,5,10H2. The molecule has 1 N–H and O–H groups in total. The number of nitrogens with one attached hydrogen (secondary N) is 1. The van der Waals surface area contributed by atoms with Crippen molar-refractivity contribution in [3.63, 3.8) is 0 Å². The predicted octanol–water partition coefficient (Wildman–Crippen LogP) is 3.08. The monoisotopic (exact) mass is 364 g/mol. The highest BCUT2D eigenvalue weighted by Crippen LogP contribution is 2.22. The van der Waals surface area contributed by atoms with Crippen LogP contribution in [0.15, 0.2) is 63.0 Å². The van der Waals surface area contributed by atoms with Crippen LogP contribution in [0.1, 0.15) is 17.5 Å². The molecule has 6 heteroatoms. The highest BCUT2D eigenvalue weighted by Gasteiger charge is 2.18. The van der Waals surface area contributed by atoms with Gasteiger partial charge in [0, 0.05) is 10.0 Å². The summed E-state index contributed by atoms with van der Waals surface area (Å²) >= 11 is 3.28. The van der Waals surface area contributed by atoms with Crippen LogP contribution in [0.4, 0.5) is 0 Å². The van der Waals surface area contributed by atoms with Gasteiger partial charge in [-0.25, -0.2) is 0 Å². The summed E-state index contributed by atoms with van der Waals surface area (Å²) in [7, 11) is -3.63. The minimum atomic E-state index is -3.63. The zero-order valence-electron chi connectivity index (χ0n) is 11.1. The smallest absolute Gasteiger partial charge is 0.200 e. The van der Waals surface area contributed by atoms with E-state index in [1.165, 1.54) is 17.7 Å². The molecule has 21 heavy (non-hydrogen) atoms. The number of aryl methyl sites for hydroxylation is 1. The van der Waals surface area contributed by atoms with Gasteiger partial charge in [-0.15, -0.1) is 0 Å². The summed E-state index contributed by atoms with van der Waals surface area (Å²) in [5.41, 5.74) is 3.02. The molecule has 2 aromatic rings. The van der Waals surface area contributed by atoms with Gasteiger partial charge in [0.2, 0.25) is 0 Å². The molecule has 108 valence electrons. The van der Waals surface area contributed by atoms with Crippen LogP contribution in [0.5, 0.6) is 0 Å². The van der Waals surface area contributed by atoms with E-state index in [0.29, 0.717) is 0 Å². The van der Waals surface area contributed by atoms with Crippen molar-refractivity contribution in [1.82, 2.24) is 4.83 Å². The van der Waals surface area contributed by atoms with Gasteiger partial charge in [0.1, 0.15) is 0 Å². The summed E-state index contributed by atoms with van der Waals surface area (Å²) in [5.74, 6) is 0. The lowest BCUT2D eigenvalue weighted by molar-refractivity contribution is 0.584. The molecule has 0 radical (unpaired) electrons. The molecule has 0 amide bonds. The molecular formula is C15H13BrN2O2S. The summed E-state index contributed by atoms with van der Waals surface area (Å²) in [4.78, 5) is 2.52. The molecule has 1 aliphatic rings. The first-order chi connectivity index (χ1) is 10.1. The Morgan fingerprint density at radius 3 is 2.48 bits per heavy atom. The fraction of sp³-hybridized carbons (Fsp3) is 0.133. The van der Waals surface area contributed by atoms with Crippen molar-refractivity contribution < 1.29 is 8.42 Å². The van der Waals surface area contributed by atoms with Crippen LogP contribution in [0.25, 0.3) is 0 Å². The summed E-state index contributed by atoms with van der Waals surface area (Å²) < 4.78 is 25.2. The Bertz CT molecular complexity index is 799. The molecule has 4 nitrogen and oxygen atoms in total. The van der Waals surface area contributed by atoms with Crippen LogP contribution in [0.3, 0.4) is 0 Å². The molecule has 0 unspecified atom stereocenters. The van der Waals surface area contributed by atoms with Crippen molar-refractivity contribution >= 4 is 31.7 Å². The second-order valence-electron chi connectivity index (χ2n) is 4.76. The van der Waals surface area contributed by atoms with Crippen molar-refractivity contribution in [2.24, 2.45) is 5.10 Å². The maximum Gasteiger partial charge on any atom is 0.276 e. The molecule has 3 rings (SSSR count). The molecule has 0 fully saturated rings. The fourth-order valence-corrected chi connectivity index (χ4v) is 3.40. The van der Waals surface area contributed by atoms with Crippen LogP contribution in [0, 0.1) is 0 Å². The van der Waals surface area contributed by atoms with E-state index in [4.69, 9.17) is 0 Å². The largest absolute Gasteiger partial charge is 0.276 e. The van der Waals surface area contributed by atoms with Gasteiger partial charge in [0.15, 0.2) is 0 Å². The zero-order valence-corrected chi connectivity index (χ0v) is 13.5. The average Bonchev–Trinajstić information content (AvgIpc) is 2.89. The van der Waals surface area contributed by atoms with Crippen molar-refractivity contribution in [3.05, 3.63) is 64.1 Å². The number of sulfonamides is 1. The van der Waals surface area contributed by atoms with Crippen LogP contribution in [-0.2, 0) is 16.4 Å². The highest BCUT2D eigenvalue weighted by atomic mass is 79.9. The SMILES string of the molecule is O=S(=O)(NN=C1CCc2ccccc21)c1ccc(Br)cc1. The van der Waals surface area contributed by atoms with Crippen molar-refractivity contribution in [1.29, 1.82) is 0 Å². The third-order valence-corrected chi connectivity index (χ3v) is 5.14. The molecule has 0 heterocycles. The molecule has 0 aliphatic heterocycles. The average molecular weight is 365 g/mol. The van der Waals surface area contributed by atoms with Gasteiger partial charge in [-0.05, 0) is 42.7 Å². The van der Waals surface area contributed by atoms with E-state index in [2.05, 4.69) is 25.9 Å². The third-order valence-electron chi connectivity index (χ3n) is 3.38. The first kappa shape index (κ1) is 14.3. The predicted molar refractivity (Wildman–Crippen MR) is 85.8 cm³/mol. The number of benzene rings is 2. The molecule has 2 aromatic carbocycles. The maximum absolute atomic E-state index is 12.2. The Morgan fingerprint density at radius 1 is 1.00 bits per heavy atom. The lowest BCUT2D eigenvalue weighted by Crippen LogP contribution is -2.20. The van der Waals surface area contributed by atoms with Gasteiger partial charge in [-0.1, -0.05) is 40.2 Å². The van der Waals surface area contributed by atoms with E-state index in [1.54, 1.807) is 12.1 Å². The minimum Gasteiger partial charge on any atom is -0.200 e. The van der Waals surface area contributed by atoms with E-state index >= 15 is 0 Å². The number of fused-ring (bicyclic) bond motifs is 1. The van der Waals surface area contributed by atoms with E-state index in [9.17, 15) is 8.42 Å². The third kappa shape index (κ3) is 3.01. The van der Waals surface area contributed by atoms with Crippen LogP contribution < -0.4 is 4.83 Å². The van der Waals surface area contributed by atoms with Gasteiger partial charge >= 0.3 is 0 Å². The topological polar surface area (TPSA) is 58.5 Å². The van der Waals surface area contributed by atoms with E-state index in [-0.39, 0.29) is 4.90 Å². The molecule has 0 saturated carbocycles. The first-order valence-electron chi connectivity index (χ1n) is 6.48. The summed E-state index contributed by atoms with van der Waals surface area (Å²) in [6.45, 7) is 0. The lowest BCUT2D eigenvalue weighted by atomic mass is 10.1. The quantitative estimate of drug-likeness (QED) is 0.850. The Kier molecular flexibility index (Phi) is 3.82. The van der Waals surface area contributed by atoms with Crippen LogP contribution in [-0.4, -0.2) is 14.1 Å². The number of hydrazone groups is 1. The fourth-order valence-electron chi connectivity index (χ4n) is 2.31. The van der Waals surface area contributed by atoms with E-state index in [0.717, 1.165) is 28.6 Å². The van der Waals surface area contributed by atoms with Crippen molar-refractivity contribution in [3.8, 4) is 0 Å². The minimum absolute atomic E-state index is 0.196. The molecule has 0 spiro atoms. The molecular weight excluding hydrogens is 352 g/mol. The van der Waals surface area contributed by atoms with Crippen molar-refractivity contribution in [2.75, 3.05) is 0 Å². The van der Waals surface area contributed by atoms with Crippen LogP contribution >= 0.6 is 15.9 Å². The van der Waals surface area contributed by atoms with Crippen LogP contribution in [0.2, 0.25) is 0 Å². The Morgan fingerprint density at radius 2 is 1.71 bits per heavy atom. The number of rotatable bonds is 3. The maximum atomic E-state index is 12.2. The van der Waals surface area contributed by atoms with Gasteiger partial charge in [-0.2, -0.15) is 18.4 Å². The summed E-state index contributed by atoms with van der Waals surface area (Å²) in [5, 5.41) is 4.10. The number of halogens is 1. The normalized spacial score (nSPS) is 16.0. The van der Waals surface area contributed by atoms with Gasteiger partial charge < -0.3 is 0 Å². The molecule has 1 aliphatic carbocycles. The number of hydrogen-bond donors (Lipinski definition) is 1. The van der Waals surface area contributed by atoms with Gasteiger partial charge in [0.05, 0.1) is 10.6 Å². The molecule has 0 saturated heterocycles. The molecule has 0 bridgehead atoms. The highest BCUT2D eigenvalue weighted by molar-refractivity contribution is 9.10. The number of nitrogens with zero attached hydrogens (tertiary/aromatic N) is 1. The van der Waals surface area contributed by atoms with Crippen molar-refractivity contribution in [2.45, 2.75) is 17.7 Å². The van der Waals surface area contributed by atoms with E-state index < -0.39 is 10.0 Å². The first-order valence-corrected chi connectivity index (χ1v) is 8.76. The Labute approximate surface area is 132 Å². The molecule has 0 atom stereocenters. The summed E-state index contributed by atoms with van der Waals surface area (Å²) in [6, 6.07) is 14.4. The second-order valence-corrected chi connectivity index (χ2v) is 7.34. The lowest BCUT2D eigenvalue weighted by Gasteiger charge is -2.05. The second kappa shape index (κ2) is 5.61. The van der Waals surface area contributed by atoms with Gasteiger partial charge in [-0.3, -0.25) is 0 Å². The van der Waals surface area contributed by atoms with Gasteiger partial charge in [0.25, 0.3) is 10.0 Å². The van der Waals surface area contributed by atoms with E-state index in [1.807, 2.05) is 24.3 Å². The number of hydrogen-bond acceptors (Lipinski definition) is 3. The Hall–Kier alpha value is -1.66. The molecule has 0 aromatic heterocycles. The zero-order chi connectivity index (χ0) is 14.9.